The molecule has 1 saturated heterocycles. The van der Waals surface area contributed by atoms with E-state index in [9.17, 15) is 0 Å². The van der Waals surface area contributed by atoms with Crippen molar-refractivity contribution in [2.45, 2.75) is 76.9 Å². The van der Waals surface area contributed by atoms with Crippen molar-refractivity contribution >= 4 is 0 Å². The summed E-state index contributed by atoms with van der Waals surface area (Å²) in [5.74, 6) is 0. The van der Waals surface area contributed by atoms with Crippen LogP contribution in [0.4, 0.5) is 0 Å². The van der Waals surface area contributed by atoms with Gasteiger partial charge >= 0.3 is 0 Å². The standard InChI is InChI=1S/C18H34N2O/c1-2-21-17-15-16(18(17)9-4-3-5-10-18)19-11-8-14-20-12-6-7-13-20/h16-17,19H,2-15H2,1H3. The number of likely N-dealkylation sites (tertiary alicyclic amines) is 1. The second-order valence-corrected chi connectivity index (χ2v) is 7.38. The molecular weight excluding hydrogens is 260 g/mol. The number of hydrogen-bond donors (Lipinski definition) is 1. The van der Waals surface area contributed by atoms with Crippen molar-refractivity contribution in [1.29, 1.82) is 0 Å². The van der Waals surface area contributed by atoms with Crippen molar-refractivity contribution in [2.24, 2.45) is 5.41 Å². The molecule has 0 bridgehead atoms. The third-order valence-corrected chi connectivity index (χ3v) is 6.18. The van der Waals surface area contributed by atoms with E-state index in [1.54, 1.807) is 0 Å². The molecule has 2 aliphatic carbocycles. The van der Waals surface area contributed by atoms with Gasteiger partial charge in [0, 0.05) is 18.1 Å². The molecule has 0 aromatic heterocycles. The summed E-state index contributed by atoms with van der Waals surface area (Å²) in [6.45, 7) is 8.18. The van der Waals surface area contributed by atoms with Gasteiger partial charge in [-0.05, 0) is 71.6 Å². The number of nitrogens with zero attached hydrogens (tertiary/aromatic N) is 1. The highest BCUT2D eigenvalue weighted by Gasteiger charge is 2.55. The Balaban J connectivity index is 1.41. The zero-order chi connectivity index (χ0) is 14.5. The average molecular weight is 294 g/mol. The Morgan fingerprint density at radius 2 is 1.86 bits per heavy atom. The maximum Gasteiger partial charge on any atom is 0.0661 e. The number of rotatable bonds is 7. The monoisotopic (exact) mass is 294 g/mol. The van der Waals surface area contributed by atoms with Gasteiger partial charge in [-0.1, -0.05) is 19.3 Å². The Morgan fingerprint density at radius 1 is 1.10 bits per heavy atom. The van der Waals surface area contributed by atoms with Crippen LogP contribution in [0.25, 0.3) is 0 Å². The summed E-state index contributed by atoms with van der Waals surface area (Å²) < 4.78 is 6.04. The lowest BCUT2D eigenvalue weighted by Gasteiger charge is -2.58. The van der Waals surface area contributed by atoms with Gasteiger partial charge in [-0.3, -0.25) is 0 Å². The van der Waals surface area contributed by atoms with E-state index in [0.29, 0.717) is 11.5 Å². The minimum atomic E-state index is 0.488. The molecule has 3 fully saturated rings. The minimum Gasteiger partial charge on any atom is -0.378 e. The lowest BCUT2D eigenvalue weighted by atomic mass is 9.55. The summed E-state index contributed by atoms with van der Waals surface area (Å²) in [6, 6.07) is 0.730. The van der Waals surface area contributed by atoms with Gasteiger partial charge in [0.15, 0.2) is 0 Å². The Morgan fingerprint density at radius 3 is 2.57 bits per heavy atom. The molecule has 0 amide bonds. The molecule has 1 N–H and O–H groups in total. The van der Waals surface area contributed by atoms with Crippen LogP contribution in [0.3, 0.4) is 0 Å². The van der Waals surface area contributed by atoms with Crippen LogP contribution in [0.2, 0.25) is 0 Å². The Kier molecular flexibility index (Phi) is 5.58. The fraction of sp³-hybridized carbons (Fsp3) is 1.00. The van der Waals surface area contributed by atoms with Gasteiger partial charge in [0.25, 0.3) is 0 Å². The predicted octanol–water partition coefficient (Wildman–Crippen LogP) is 3.19. The molecule has 0 aromatic carbocycles. The van der Waals surface area contributed by atoms with Crippen LogP contribution in [-0.2, 0) is 4.74 Å². The third-order valence-electron chi connectivity index (χ3n) is 6.18. The van der Waals surface area contributed by atoms with Crippen LogP contribution in [0.1, 0.15) is 64.7 Å². The fourth-order valence-corrected chi connectivity index (χ4v) is 4.93. The van der Waals surface area contributed by atoms with Crippen molar-refractivity contribution in [2.75, 3.05) is 32.8 Å². The van der Waals surface area contributed by atoms with Gasteiger partial charge < -0.3 is 15.0 Å². The molecular formula is C18H34N2O. The molecule has 1 heterocycles. The highest BCUT2D eigenvalue weighted by Crippen LogP contribution is 2.53. The van der Waals surface area contributed by atoms with E-state index < -0.39 is 0 Å². The fourth-order valence-electron chi connectivity index (χ4n) is 4.93. The van der Waals surface area contributed by atoms with Gasteiger partial charge in [0.1, 0.15) is 0 Å². The minimum absolute atomic E-state index is 0.488. The molecule has 3 heteroatoms. The van der Waals surface area contributed by atoms with Crippen molar-refractivity contribution in [3.05, 3.63) is 0 Å². The molecule has 21 heavy (non-hydrogen) atoms. The molecule has 122 valence electrons. The topological polar surface area (TPSA) is 24.5 Å². The second-order valence-electron chi connectivity index (χ2n) is 7.38. The van der Waals surface area contributed by atoms with Crippen LogP contribution >= 0.6 is 0 Å². The van der Waals surface area contributed by atoms with Crippen molar-refractivity contribution < 1.29 is 4.74 Å². The van der Waals surface area contributed by atoms with E-state index in [4.69, 9.17) is 4.74 Å². The van der Waals surface area contributed by atoms with Crippen molar-refractivity contribution in [3.63, 3.8) is 0 Å². The van der Waals surface area contributed by atoms with Gasteiger partial charge in [0.2, 0.25) is 0 Å². The Labute approximate surface area is 130 Å². The molecule has 1 spiro atoms. The van der Waals surface area contributed by atoms with Crippen LogP contribution in [0.15, 0.2) is 0 Å². The van der Waals surface area contributed by atoms with E-state index in [1.165, 1.54) is 84.0 Å². The quantitative estimate of drug-likeness (QED) is 0.730. The molecule has 3 rings (SSSR count). The maximum absolute atomic E-state index is 6.04. The highest BCUT2D eigenvalue weighted by molar-refractivity contribution is 5.08. The van der Waals surface area contributed by atoms with Crippen molar-refractivity contribution in [1.82, 2.24) is 10.2 Å². The molecule has 2 atom stereocenters. The summed E-state index contributed by atoms with van der Waals surface area (Å²) in [7, 11) is 0. The first-order valence-electron chi connectivity index (χ1n) is 9.42. The van der Waals surface area contributed by atoms with Crippen LogP contribution in [-0.4, -0.2) is 49.8 Å². The SMILES string of the molecule is CCOC1CC(NCCCN2CCCC2)C12CCCCC2. The molecule has 1 aliphatic heterocycles. The molecule has 0 aromatic rings. The van der Waals surface area contributed by atoms with Gasteiger partial charge in [-0.25, -0.2) is 0 Å². The summed E-state index contributed by atoms with van der Waals surface area (Å²) in [5, 5.41) is 3.89. The van der Waals surface area contributed by atoms with Crippen molar-refractivity contribution in [3.8, 4) is 0 Å². The van der Waals surface area contributed by atoms with E-state index >= 15 is 0 Å². The zero-order valence-corrected chi connectivity index (χ0v) is 13.9. The number of nitrogens with one attached hydrogen (secondary N) is 1. The molecule has 0 radical (unpaired) electrons. The van der Waals surface area contributed by atoms with E-state index in [-0.39, 0.29) is 0 Å². The first-order valence-corrected chi connectivity index (χ1v) is 9.42. The first-order chi connectivity index (χ1) is 10.3. The lowest BCUT2D eigenvalue weighted by molar-refractivity contribution is -0.149. The molecule has 3 aliphatic rings. The van der Waals surface area contributed by atoms with Gasteiger partial charge in [-0.15, -0.1) is 0 Å². The number of hydrogen-bond acceptors (Lipinski definition) is 3. The first kappa shape index (κ1) is 15.8. The number of ether oxygens (including phenoxy) is 1. The molecule has 2 unspecified atom stereocenters. The largest absolute Gasteiger partial charge is 0.378 e. The maximum atomic E-state index is 6.04. The zero-order valence-electron chi connectivity index (χ0n) is 13.9. The van der Waals surface area contributed by atoms with E-state index in [2.05, 4.69) is 17.1 Å². The second kappa shape index (κ2) is 7.43. The van der Waals surface area contributed by atoms with Crippen LogP contribution in [0.5, 0.6) is 0 Å². The summed E-state index contributed by atoms with van der Waals surface area (Å²) in [6.07, 6.45) is 13.0. The van der Waals surface area contributed by atoms with E-state index in [1.807, 2.05) is 0 Å². The molecule has 3 nitrogen and oxygen atoms in total. The van der Waals surface area contributed by atoms with Crippen LogP contribution in [0, 0.1) is 5.41 Å². The Hall–Kier alpha value is -0.120. The average Bonchev–Trinajstić information content (AvgIpc) is 3.03. The predicted molar refractivity (Wildman–Crippen MR) is 87.6 cm³/mol. The van der Waals surface area contributed by atoms with E-state index in [0.717, 1.165) is 12.6 Å². The summed E-state index contributed by atoms with van der Waals surface area (Å²) in [4.78, 5) is 2.63. The van der Waals surface area contributed by atoms with Crippen LogP contribution < -0.4 is 5.32 Å². The highest BCUT2D eigenvalue weighted by atomic mass is 16.5. The summed E-state index contributed by atoms with van der Waals surface area (Å²) in [5.41, 5.74) is 0.488. The molecule has 2 saturated carbocycles. The smallest absolute Gasteiger partial charge is 0.0661 e. The normalized spacial score (nSPS) is 32.4. The third kappa shape index (κ3) is 3.46. The Bertz CT molecular complexity index is 308. The van der Waals surface area contributed by atoms with Gasteiger partial charge in [0.05, 0.1) is 6.10 Å². The van der Waals surface area contributed by atoms with Gasteiger partial charge in [-0.2, -0.15) is 0 Å². The lowest BCUT2D eigenvalue weighted by Crippen LogP contribution is -2.64. The summed E-state index contributed by atoms with van der Waals surface area (Å²) >= 11 is 0.